The standard InChI is InChI=1S/C13H18O4/c1-7-4-8(2)12(9(3)5-7)13(17)10(14)6-11(15)16/h4-5,10,13-14,17H,6H2,1-3H3,(H,15,16). The SMILES string of the molecule is Cc1cc(C)c(C(O)C(O)CC(=O)O)c(C)c1. The first-order valence-corrected chi connectivity index (χ1v) is 5.48. The molecule has 0 aliphatic rings. The van der Waals surface area contributed by atoms with Gasteiger partial charge >= 0.3 is 5.97 Å². The number of carbonyl (C=O) groups is 1. The van der Waals surface area contributed by atoms with Crippen LogP contribution >= 0.6 is 0 Å². The van der Waals surface area contributed by atoms with E-state index in [-0.39, 0.29) is 0 Å². The second-order valence-corrected chi connectivity index (χ2v) is 4.42. The van der Waals surface area contributed by atoms with E-state index in [4.69, 9.17) is 5.11 Å². The van der Waals surface area contributed by atoms with E-state index in [9.17, 15) is 15.0 Å². The highest BCUT2D eigenvalue weighted by atomic mass is 16.4. The van der Waals surface area contributed by atoms with Gasteiger partial charge in [0.1, 0.15) is 6.10 Å². The van der Waals surface area contributed by atoms with E-state index in [0.717, 1.165) is 16.7 Å². The van der Waals surface area contributed by atoms with Crippen LogP contribution in [0.5, 0.6) is 0 Å². The molecule has 0 radical (unpaired) electrons. The summed E-state index contributed by atoms with van der Waals surface area (Å²) in [6, 6.07) is 3.80. The second-order valence-electron chi connectivity index (χ2n) is 4.42. The number of benzene rings is 1. The normalized spacial score (nSPS) is 14.4. The highest BCUT2D eigenvalue weighted by Crippen LogP contribution is 2.26. The zero-order chi connectivity index (χ0) is 13.2. The molecule has 94 valence electrons. The van der Waals surface area contributed by atoms with Gasteiger partial charge in [-0.3, -0.25) is 4.79 Å². The number of aliphatic carboxylic acids is 1. The fourth-order valence-corrected chi connectivity index (χ4v) is 2.14. The molecule has 1 aromatic carbocycles. The third-order valence-electron chi connectivity index (χ3n) is 2.78. The van der Waals surface area contributed by atoms with Crippen molar-refractivity contribution in [1.82, 2.24) is 0 Å². The summed E-state index contributed by atoms with van der Waals surface area (Å²) >= 11 is 0. The van der Waals surface area contributed by atoms with Gasteiger partial charge in [-0.1, -0.05) is 17.7 Å². The average molecular weight is 238 g/mol. The molecule has 1 aromatic rings. The number of hydrogen-bond donors (Lipinski definition) is 3. The molecule has 0 saturated heterocycles. The van der Waals surface area contributed by atoms with E-state index in [1.807, 2.05) is 32.9 Å². The van der Waals surface area contributed by atoms with Crippen LogP contribution in [0.2, 0.25) is 0 Å². The number of carboxylic acids is 1. The quantitative estimate of drug-likeness (QED) is 0.742. The van der Waals surface area contributed by atoms with Crippen LogP contribution in [0.3, 0.4) is 0 Å². The number of aliphatic hydroxyl groups is 2. The molecule has 2 atom stereocenters. The van der Waals surface area contributed by atoms with Gasteiger partial charge in [-0.25, -0.2) is 0 Å². The number of rotatable bonds is 4. The Morgan fingerprint density at radius 2 is 1.65 bits per heavy atom. The summed E-state index contributed by atoms with van der Waals surface area (Å²) in [7, 11) is 0. The molecule has 4 heteroatoms. The van der Waals surface area contributed by atoms with Crippen LogP contribution in [0, 0.1) is 20.8 Å². The molecule has 4 nitrogen and oxygen atoms in total. The number of aliphatic hydroxyl groups excluding tert-OH is 2. The molecule has 17 heavy (non-hydrogen) atoms. The lowest BCUT2D eigenvalue weighted by molar-refractivity contribution is -0.141. The Kier molecular flexibility index (Phi) is 4.26. The topological polar surface area (TPSA) is 77.8 Å². The summed E-state index contributed by atoms with van der Waals surface area (Å²) in [6.45, 7) is 5.63. The Balaban J connectivity index is 3.03. The zero-order valence-corrected chi connectivity index (χ0v) is 10.3. The van der Waals surface area contributed by atoms with Gasteiger partial charge in [-0.05, 0) is 37.5 Å². The summed E-state index contributed by atoms with van der Waals surface area (Å²) in [5.41, 5.74) is 3.41. The maximum Gasteiger partial charge on any atom is 0.306 e. The van der Waals surface area contributed by atoms with Gasteiger partial charge in [0.2, 0.25) is 0 Å². The number of aryl methyl sites for hydroxylation is 3. The van der Waals surface area contributed by atoms with Crippen molar-refractivity contribution >= 4 is 5.97 Å². The lowest BCUT2D eigenvalue weighted by atomic mass is 9.92. The monoisotopic (exact) mass is 238 g/mol. The molecule has 0 bridgehead atoms. The molecule has 0 aromatic heterocycles. The summed E-state index contributed by atoms with van der Waals surface area (Å²) in [6.07, 6.45) is -2.91. The zero-order valence-electron chi connectivity index (χ0n) is 10.3. The van der Waals surface area contributed by atoms with Crippen molar-refractivity contribution in [2.75, 3.05) is 0 Å². The minimum Gasteiger partial charge on any atom is -0.481 e. The molecule has 0 fully saturated rings. The molecule has 0 spiro atoms. The Morgan fingerprint density at radius 3 is 2.06 bits per heavy atom. The molecule has 0 heterocycles. The predicted molar refractivity (Wildman–Crippen MR) is 63.9 cm³/mol. The van der Waals surface area contributed by atoms with Gasteiger partial charge in [-0.2, -0.15) is 0 Å². The van der Waals surface area contributed by atoms with Gasteiger partial charge in [0, 0.05) is 0 Å². The van der Waals surface area contributed by atoms with E-state index in [0.29, 0.717) is 5.56 Å². The van der Waals surface area contributed by atoms with Gasteiger partial charge in [0.25, 0.3) is 0 Å². The Bertz CT molecular complexity index is 402. The maximum atomic E-state index is 10.5. The molecule has 2 unspecified atom stereocenters. The van der Waals surface area contributed by atoms with E-state index in [1.54, 1.807) is 0 Å². The fraction of sp³-hybridized carbons (Fsp3) is 0.462. The molecule has 3 N–H and O–H groups in total. The van der Waals surface area contributed by atoms with Crippen LogP contribution in [0.4, 0.5) is 0 Å². The van der Waals surface area contributed by atoms with E-state index in [1.165, 1.54) is 0 Å². The minimum atomic E-state index is -1.28. The van der Waals surface area contributed by atoms with Crippen LogP contribution in [-0.2, 0) is 4.79 Å². The number of carboxylic acid groups (broad SMARTS) is 1. The molecule has 0 saturated carbocycles. The first-order valence-electron chi connectivity index (χ1n) is 5.48. The Hall–Kier alpha value is -1.39. The van der Waals surface area contributed by atoms with Crippen LogP contribution in [0.15, 0.2) is 12.1 Å². The second kappa shape index (κ2) is 5.29. The van der Waals surface area contributed by atoms with Crippen LogP contribution in [0.25, 0.3) is 0 Å². The third-order valence-corrected chi connectivity index (χ3v) is 2.78. The van der Waals surface area contributed by atoms with Gasteiger partial charge in [0.15, 0.2) is 0 Å². The van der Waals surface area contributed by atoms with Crippen LogP contribution in [-0.4, -0.2) is 27.4 Å². The fourth-order valence-electron chi connectivity index (χ4n) is 2.14. The first kappa shape index (κ1) is 13.7. The molecular formula is C13H18O4. The van der Waals surface area contributed by atoms with Gasteiger partial charge in [-0.15, -0.1) is 0 Å². The molecule has 1 rings (SSSR count). The Morgan fingerprint density at radius 1 is 1.18 bits per heavy atom. The van der Waals surface area contributed by atoms with Crippen molar-refractivity contribution in [2.45, 2.75) is 39.4 Å². The lowest BCUT2D eigenvalue weighted by Crippen LogP contribution is -2.23. The number of hydrogen-bond acceptors (Lipinski definition) is 3. The smallest absolute Gasteiger partial charge is 0.306 e. The van der Waals surface area contributed by atoms with Crippen LogP contribution < -0.4 is 0 Å². The molecule has 0 aliphatic carbocycles. The minimum absolute atomic E-state index is 0.464. The summed E-state index contributed by atoms with van der Waals surface area (Å²) in [5, 5.41) is 28.2. The molecule has 0 aliphatic heterocycles. The third kappa shape index (κ3) is 3.28. The Labute approximate surface area is 101 Å². The lowest BCUT2D eigenvalue weighted by Gasteiger charge is -2.21. The van der Waals surface area contributed by atoms with Crippen molar-refractivity contribution in [3.05, 3.63) is 34.4 Å². The first-order chi connectivity index (χ1) is 7.82. The largest absolute Gasteiger partial charge is 0.481 e. The highest BCUT2D eigenvalue weighted by Gasteiger charge is 2.24. The van der Waals surface area contributed by atoms with Gasteiger partial charge in [0.05, 0.1) is 12.5 Å². The predicted octanol–water partition coefficient (Wildman–Crippen LogP) is 1.48. The summed E-state index contributed by atoms with van der Waals surface area (Å²) in [4.78, 5) is 10.5. The molecular weight excluding hydrogens is 220 g/mol. The van der Waals surface area contributed by atoms with E-state index in [2.05, 4.69) is 0 Å². The van der Waals surface area contributed by atoms with Gasteiger partial charge < -0.3 is 15.3 Å². The van der Waals surface area contributed by atoms with Crippen molar-refractivity contribution in [1.29, 1.82) is 0 Å². The average Bonchev–Trinajstić information content (AvgIpc) is 2.14. The van der Waals surface area contributed by atoms with Crippen LogP contribution in [0.1, 0.15) is 34.8 Å². The van der Waals surface area contributed by atoms with Crippen molar-refractivity contribution in [3.8, 4) is 0 Å². The maximum absolute atomic E-state index is 10.5. The van der Waals surface area contributed by atoms with Crippen molar-refractivity contribution in [2.24, 2.45) is 0 Å². The molecule has 0 amide bonds. The van der Waals surface area contributed by atoms with Crippen molar-refractivity contribution < 1.29 is 20.1 Å². The van der Waals surface area contributed by atoms with E-state index >= 15 is 0 Å². The van der Waals surface area contributed by atoms with E-state index < -0.39 is 24.6 Å². The van der Waals surface area contributed by atoms with Crippen molar-refractivity contribution in [3.63, 3.8) is 0 Å². The highest BCUT2D eigenvalue weighted by molar-refractivity contribution is 5.67. The summed E-state index contributed by atoms with van der Waals surface area (Å²) in [5.74, 6) is -1.13. The summed E-state index contributed by atoms with van der Waals surface area (Å²) < 4.78 is 0.